The lowest BCUT2D eigenvalue weighted by Gasteiger charge is -2.31. The number of aryl methyl sites for hydroxylation is 1. The van der Waals surface area contributed by atoms with Crippen LogP contribution in [0.3, 0.4) is 0 Å². The molecule has 0 radical (unpaired) electrons. The lowest BCUT2D eigenvalue weighted by Crippen LogP contribution is -2.37. The summed E-state index contributed by atoms with van der Waals surface area (Å²) in [5, 5.41) is 13.1. The molecule has 0 bridgehead atoms. The molecule has 2 heterocycles. The highest BCUT2D eigenvalue weighted by Gasteiger charge is 2.27. The van der Waals surface area contributed by atoms with E-state index in [1.54, 1.807) is 24.3 Å². The van der Waals surface area contributed by atoms with Crippen molar-refractivity contribution in [2.24, 2.45) is 0 Å². The van der Waals surface area contributed by atoms with Crippen molar-refractivity contribution < 1.29 is 9.59 Å². The van der Waals surface area contributed by atoms with Gasteiger partial charge in [-0.05, 0) is 55.7 Å². The Kier molecular flexibility index (Phi) is 6.11. The second-order valence-corrected chi connectivity index (χ2v) is 8.73. The monoisotopic (exact) mass is 440 g/mol. The molecule has 0 unspecified atom stereocenters. The van der Waals surface area contributed by atoms with E-state index in [-0.39, 0.29) is 17.7 Å². The third kappa shape index (κ3) is 4.52. The van der Waals surface area contributed by atoms with E-state index >= 15 is 0 Å². The van der Waals surface area contributed by atoms with Crippen LogP contribution in [0.4, 0.5) is 5.69 Å². The van der Waals surface area contributed by atoms with Crippen LogP contribution in [0.5, 0.6) is 0 Å². The highest BCUT2D eigenvalue weighted by molar-refractivity contribution is 7.13. The van der Waals surface area contributed by atoms with Gasteiger partial charge < -0.3 is 10.2 Å². The number of carbonyl (C=O) groups is 2. The number of carbonyl (C=O) groups excluding carboxylic acids is 2. The maximum atomic E-state index is 12.7. The molecule has 1 aliphatic heterocycles. The zero-order chi connectivity index (χ0) is 21.1. The number of benzene rings is 2. The molecule has 0 spiro atoms. The van der Waals surface area contributed by atoms with Gasteiger partial charge in [-0.25, -0.2) is 0 Å². The van der Waals surface area contributed by atoms with E-state index in [2.05, 4.69) is 15.5 Å². The van der Waals surface area contributed by atoms with E-state index in [4.69, 9.17) is 11.6 Å². The molecule has 3 aromatic rings. The molecule has 0 saturated carbocycles. The summed E-state index contributed by atoms with van der Waals surface area (Å²) in [6.07, 6.45) is 1.60. The predicted molar refractivity (Wildman–Crippen MR) is 118 cm³/mol. The van der Waals surface area contributed by atoms with Gasteiger partial charge in [-0.2, -0.15) is 0 Å². The molecule has 2 amide bonds. The van der Waals surface area contributed by atoms with Crippen molar-refractivity contribution in [3.05, 3.63) is 74.7 Å². The molecule has 1 fully saturated rings. The number of nitrogens with one attached hydrogen (secondary N) is 1. The van der Waals surface area contributed by atoms with Crippen molar-refractivity contribution in [1.82, 2.24) is 15.1 Å². The molecule has 2 aromatic carbocycles. The van der Waals surface area contributed by atoms with Gasteiger partial charge in [-0.1, -0.05) is 41.1 Å². The van der Waals surface area contributed by atoms with Gasteiger partial charge in [0.05, 0.1) is 0 Å². The average molecular weight is 441 g/mol. The second-order valence-electron chi connectivity index (χ2n) is 7.29. The third-order valence-electron chi connectivity index (χ3n) is 5.25. The fraction of sp³-hybridized carbons (Fsp3) is 0.273. The summed E-state index contributed by atoms with van der Waals surface area (Å²) in [6, 6.07) is 14.6. The minimum Gasteiger partial charge on any atom is -0.339 e. The van der Waals surface area contributed by atoms with Gasteiger partial charge in [0.25, 0.3) is 11.8 Å². The standard InChI is InChI=1S/C22H21ClN4O2S/c1-14-4-2-3-5-18(14)24-19(28)21-26-25-20(30-21)15-10-12-27(13-11-15)22(29)16-6-8-17(23)9-7-16/h2-9,15H,10-13H2,1H3,(H,24,28). The van der Waals surface area contributed by atoms with Crippen LogP contribution in [-0.4, -0.2) is 40.0 Å². The van der Waals surface area contributed by atoms with Crippen molar-refractivity contribution in [2.45, 2.75) is 25.7 Å². The summed E-state index contributed by atoms with van der Waals surface area (Å²) in [7, 11) is 0. The maximum Gasteiger partial charge on any atom is 0.286 e. The molecule has 0 aliphatic carbocycles. The first-order valence-electron chi connectivity index (χ1n) is 9.76. The molecule has 1 saturated heterocycles. The molecule has 0 atom stereocenters. The normalized spacial score (nSPS) is 14.5. The van der Waals surface area contributed by atoms with Crippen LogP contribution >= 0.6 is 22.9 Å². The van der Waals surface area contributed by atoms with E-state index in [1.807, 2.05) is 36.1 Å². The van der Waals surface area contributed by atoms with Gasteiger partial charge in [0.1, 0.15) is 5.01 Å². The van der Waals surface area contributed by atoms with Crippen LogP contribution in [0.25, 0.3) is 0 Å². The topological polar surface area (TPSA) is 75.2 Å². The number of nitrogens with zero attached hydrogens (tertiary/aromatic N) is 3. The highest BCUT2D eigenvalue weighted by Crippen LogP contribution is 2.31. The van der Waals surface area contributed by atoms with Gasteiger partial charge in [-0.3, -0.25) is 9.59 Å². The molecule has 4 rings (SSSR count). The Bertz CT molecular complexity index is 1060. The molecule has 1 aromatic heterocycles. The largest absolute Gasteiger partial charge is 0.339 e. The molecule has 1 aliphatic rings. The predicted octanol–water partition coefficient (Wildman–Crippen LogP) is 4.77. The molecule has 30 heavy (non-hydrogen) atoms. The van der Waals surface area contributed by atoms with E-state index < -0.39 is 0 Å². The van der Waals surface area contributed by atoms with E-state index in [0.717, 1.165) is 29.1 Å². The number of aromatic nitrogens is 2. The molecule has 8 heteroatoms. The Hall–Kier alpha value is -2.77. The minimum absolute atomic E-state index is 0.0145. The summed E-state index contributed by atoms with van der Waals surface area (Å²) in [5.41, 5.74) is 2.41. The first kappa shape index (κ1) is 20.5. The molecule has 6 nitrogen and oxygen atoms in total. The Morgan fingerprint density at radius 3 is 2.47 bits per heavy atom. The summed E-state index contributed by atoms with van der Waals surface area (Å²) < 4.78 is 0. The van der Waals surface area contributed by atoms with Crippen LogP contribution in [0.2, 0.25) is 5.02 Å². The van der Waals surface area contributed by atoms with Crippen LogP contribution in [-0.2, 0) is 0 Å². The van der Waals surface area contributed by atoms with Gasteiger partial charge >= 0.3 is 0 Å². The zero-order valence-corrected chi connectivity index (χ0v) is 18.0. The number of halogens is 1. The summed E-state index contributed by atoms with van der Waals surface area (Å²) in [5.74, 6) is -0.0270. The van der Waals surface area contributed by atoms with Gasteiger partial charge in [0.2, 0.25) is 5.01 Å². The highest BCUT2D eigenvalue weighted by atomic mass is 35.5. The lowest BCUT2D eigenvalue weighted by atomic mass is 9.97. The maximum absolute atomic E-state index is 12.7. The zero-order valence-electron chi connectivity index (χ0n) is 16.5. The molecular weight excluding hydrogens is 420 g/mol. The van der Waals surface area contributed by atoms with Crippen LogP contribution in [0.1, 0.15) is 49.5 Å². The minimum atomic E-state index is -0.247. The Morgan fingerprint density at radius 2 is 1.77 bits per heavy atom. The SMILES string of the molecule is Cc1ccccc1NC(=O)c1nnc(C2CCN(C(=O)c3ccc(Cl)cc3)CC2)s1. The van der Waals surface area contributed by atoms with Crippen LogP contribution in [0, 0.1) is 6.92 Å². The number of hydrogen-bond donors (Lipinski definition) is 1. The van der Waals surface area contributed by atoms with E-state index in [0.29, 0.717) is 28.7 Å². The number of likely N-dealkylation sites (tertiary alicyclic amines) is 1. The van der Waals surface area contributed by atoms with Gasteiger partial charge in [0.15, 0.2) is 0 Å². The summed E-state index contributed by atoms with van der Waals surface area (Å²) in [6.45, 7) is 3.24. The van der Waals surface area contributed by atoms with Crippen molar-refractivity contribution in [3.63, 3.8) is 0 Å². The molecule has 1 N–H and O–H groups in total. The van der Waals surface area contributed by atoms with Gasteiger partial charge in [0, 0.05) is 35.3 Å². The molecular formula is C22H21ClN4O2S. The quantitative estimate of drug-likeness (QED) is 0.633. The van der Waals surface area contributed by atoms with Crippen molar-refractivity contribution >= 4 is 40.4 Å². The molecule has 154 valence electrons. The van der Waals surface area contributed by atoms with E-state index in [9.17, 15) is 9.59 Å². The van der Waals surface area contributed by atoms with Crippen LogP contribution < -0.4 is 5.32 Å². The second kappa shape index (κ2) is 8.93. The summed E-state index contributed by atoms with van der Waals surface area (Å²) in [4.78, 5) is 27.0. The van der Waals surface area contributed by atoms with Crippen LogP contribution in [0.15, 0.2) is 48.5 Å². The van der Waals surface area contributed by atoms with Crippen molar-refractivity contribution in [2.75, 3.05) is 18.4 Å². The van der Waals surface area contributed by atoms with Gasteiger partial charge in [-0.15, -0.1) is 10.2 Å². The number of amides is 2. The number of anilines is 1. The first-order valence-corrected chi connectivity index (χ1v) is 11.0. The fourth-order valence-electron chi connectivity index (χ4n) is 3.48. The first-order chi connectivity index (χ1) is 14.5. The Balaban J connectivity index is 1.36. The Labute approximate surface area is 183 Å². The smallest absolute Gasteiger partial charge is 0.286 e. The average Bonchev–Trinajstić information content (AvgIpc) is 3.26. The number of piperidine rings is 1. The number of rotatable bonds is 4. The van der Waals surface area contributed by atoms with Crippen molar-refractivity contribution in [1.29, 1.82) is 0 Å². The third-order valence-corrected chi connectivity index (χ3v) is 6.59. The van der Waals surface area contributed by atoms with E-state index in [1.165, 1.54) is 11.3 Å². The lowest BCUT2D eigenvalue weighted by molar-refractivity contribution is 0.0712. The summed E-state index contributed by atoms with van der Waals surface area (Å²) >= 11 is 7.23. The fourth-order valence-corrected chi connectivity index (χ4v) is 4.52. The number of para-hydroxylation sites is 1. The van der Waals surface area contributed by atoms with Crippen molar-refractivity contribution in [3.8, 4) is 0 Å². The Morgan fingerprint density at radius 1 is 1.07 bits per heavy atom. The number of hydrogen-bond acceptors (Lipinski definition) is 5.